The molecule has 1 heterocycles. The average molecular weight is 322 g/mol. The molecule has 1 aromatic heterocycles. The van der Waals surface area contributed by atoms with E-state index in [2.05, 4.69) is 62.4 Å². The van der Waals surface area contributed by atoms with Crippen molar-refractivity contribution in [3.8, 4) is 16.2 Å². The van der Waals surface area contributed by atoms with Gasteiger partial charge < -0.3 is 4.74 Å². The lowest BCUT2D eigenvalue weighted by molar-refractivity contribution is 0.340. The van der Waals surface area contributed by atoms with Gasteiger partial charge in [0.15, 0.2) is 0 Å². The molecule has 3 rings (SSSR count). The van der Waals surface area contributed by atoms with E-state index in [-0.39, 0.29) is 0 Å². The number of thiophene rings is 1. The first kappa shape index (κ1) is 15.8. The Kier molecular flexibility index (Phi) is 4.82. The number of hydrogen-bond donors (Lipinski definition) is 0. The van der Waals surface area contributed by atoms with Gasteiger partial charge in [-0.25, -0.2) is 0 Å². The second-order valence-electron chi connectivity index (χ2n) is 5.83. The van der Waals surface area contributed by atoms with Crippen LogP contribution in [0.15, 0.2) is 54.6 Å². The van der Waals surface area contributed by atoms with E-state index in [4.69, 9.17) is 4.74 Å². The molecule has 0 radical (unpaired) electrons. The van der Waals surface area contributed by atoms with Crippen molar-refractivity contribution in [2.45, 2.75) is 27.2 Å². The van der Waals surface area contributed by atoms with E-state index in [9.17, 15) is 0 Å². The van der Waals surface area contributed by atoms with Gasteiger partial charge in [0.05, 0.1) is 6.61 Å². The molecule has 0 aliphatic rings. The highest BCUT2D eigenvalue weighted by Gasteiger charge is 2.07. The van der Waals surface area contributed by atoms with Gasteiger partial charge in [-0.1, -0.05) is 35.9 Å². The van der Waals surface area contributed by atoms with E-state index in [1.54, 1.807) is 0 Å². The van der Waals surface area contributed by atoms with Crippen LogP contribution in [-0.2, 0) is 6.42 Å². The molecule has 0 unspecified atom stereocenters. The van der Waals surface area contributed by atoms with Gasteiger partial charge in [0.25, 0.3) is 0 Å². The van der Waals surface area contributed by atoms with Crippen LogP contribution in [0, 0.1) is 13.8 Å². The third kappa shape index (κ3) is 3.83. The largest absolute Gasteiger partial charge is 0.494 e. The quantitative estimate of drug-likeness (QED) is 0.558. The summed E-state index contributed by atoms with van der Waals surface area (Å²) in [5.41, 5.74) is 5.34. The zero-order chi connectivity index (χ0) is 16.2. The molecule has 0 atom stereocenters. The highest BCUT2D eigenvalue weighted by atomic mass is 32.1. The van der Waals surface area contributed by atoms with Crippen molar-refractivity contribution in [3.05, 3.63) is 76.2 Å². The lowest BCUT2D eigenvalue weighted by Gasteiger charge is -2.06. The molecule has 118 valence electrons. The predicted octanol–water partition coefficient (Wildman–Crippen LogP) is 6.02. The molecule has 2 heteroatoms. The maximum atomic E-state index is 5.60. The summed E-state index contributed by atoms with van der Waals surface area (Å²) in [4.78, 5) is 2.70. The van der Waals surface area contributed by atoms with Crippen LogP contribution in [0.25, 0.3) is 10.4 Å². The lowest BCUT2D eigenvalue weighted by atomic mass is 10.0. The molecule has 3 aromatic rings. The maximum absolute atomic E-state index is 5.60. The zero-order valence-corrected chi connectivity index (χ0v) is 14.7. The number of hydrogen-bond acceptors (Lipinski definition) is 2. The molecule has 0 aliphatic carbocycles. The van der Waals surface area contributed by atoms with Gasteiger partial charge in [0.1, 0.15) is 5.75 Å². The predicted molar refractivity (Wildman–Crippen MR) is 99.6 cm³/mol. The van der Waals surface area contributed by atoms with Crippen molar-refractivity contribution in [1.29, 1.82) is 0 Å². The Morgan fingerprint density at radius 3 is 2.65 bits per heavy atom. The van der Waals surface area contributed by atoms with Gasteiger partial charge in [0, 0.05) is 16.2 Å². The fourth-order valence-corrected chi connectivity index (χ4v) is 3.74. The number of benzene rings is 2. The molecule has 0 N–H and O–H groups in total. The summed E-state index contributed by atoms with van der Waals surface area (Å²) in [6, 6.07) is 19.5. The second-order valence-corrected chi connectivity index (χ2v) is 7.00. The number of ether oxygens (including phenoxy) is 1. The minimum Gasteiger partial charge on any atom is -0.494 e. The first-order valence-electron chi connectivity index (χ1n) is 8.04. The summed E-state index contributed by atoms with van der Waals surface area (Å²) in [6.45, 7) is 7.06. The van der Waals surface area contributed by atoms with Crippen molar-refractivity contribution in [3.63, 3.8) is 0 Å². The van der Waals surface area contributed by atoms with Gasteiger partial charge in [-0.2, -0.15) is 0 Å². The van der Waals surface area contributed by atoms with Gasteiger partial charge >= 0.3 is 0 Å². The normalized spacial score (nSPS) is 10.7. The molecular formula is C21H22OS. The van der Waals surface area contributed by atoms with Crippen molar-refractivity contribution >= 4 is 11.3 Å². The van der Waals surface area contributed by atoms with Crippen molar-refractivity contribution < 1.29 is 4.74 Å². The van der Waals surface area contributed by atoms with Gasteiger partial charge in [-0.15, -0.1) is 11.3 Å². The van der Waals surface area contributed by atoms with Crippen molar-refractivity contribution in [2.24, 2.45) is 0 Å². The first-order chi connectivity index (χ1) is 11.2. The maximum Gasteiger partial charge on any atom is 0.119 e. The Bertz CT molecular complexity index is 801. The smallest absolute Gasteiger partial charge is 0.119 e. The molecule has 23 heavy (non-hydrogen) atoms. The van der Waals surface area contributed by atoms with E-state index < -0.39 is 0 Å². The van der Waals surface area contributed by atoms with Gasteiger partial charge in [-0.05, 0) is 61.7 Å². The Balaban J connectivity index is 1.83. The molecule has 0 bridgehead atoms. The Hall–Kier alpha value is -2.06. The lowest BCUT2D eigenvalue weighted by Crippen LogP contribution is -1.90. The molecule has 1 nitrogen and oxygen atoms in total. The van der Waals surface area contributed by atoms with Gasteiger partial charge in [0.2, 0.25) is 0 Å². The molecule has 0 saturated carbocycles. The van der Waals surface area contributed by atoms with E-state index in [0.29, 0.717) is 6.61 Å². The topological polar surface area (TPSA) is 9.23 Å². The summed E-state index contributed by atoms with van der Waals surface area (Å²) in [5, 5.41) is 0. The fraction of sp³-hybridized carbons (Fsp3) is 0.238. The fourth-order valence-electron chi connectivity index (χ4n) is 2.71. The van der Waals surface area contributed by atoms with Crippen LogP contribution in [0.1, 0.15) is 28.5 Å². The van der Waals surface area contributed by atoms with Gasteiger partial charge in [-0.3, -0.25) is 0 Å². The highest BCUT2D eigenvalue weighted by Crippen LogP contribution is 2.32. The highest BCUT2D eigenvalue weighted by molar-refractivity contribution is 7.15. The summed E-state index contributed by atoms with van der Waals surface area (Å²) < 4.78 is 5.60. The molecule has 0 spiro atoms. The molecule has 0 fully saturated rings. The summed E-state index contributed by atoms with van der Waals surface area (Å²) >= 11 is 1.87. The Morgan fingerprint density at radius 1 is 0.957 bits per heavy atom. The van der Waals surface area contributed by atoms with Crippen molar-refractivity contribution in [2.75, 3.05) is 6.61 Å². The third-order valence-electron chi connectivity index (χ3n) is 3.96. The van der Waals surface area contributed by atoms with E-state index in [1.165, 1.54) is 32.0 Å². The van der Waals surface area contributed by atoms with Crippen LogP contribution in [0.2, 0.25) is 0 Å². The van der Waals surface area contributed by atoms with Crippen LogP contribution in [0.5, 0.6) is 5.75 Å². The summed E-state index contributed by atoms with van der Waals surface area (Å²) in [5.74, 6) is 0.939. The van der Waals surface area contributed by atoms with Crippen LogP contribution >= 0.6 is 11.3 Å². The number of aryl methyl sites for hydroxylation is 2. The van der Waals surface area contributed by atoms with Crippen LogP contribution in [0.3, 0.4) is 0 Å². The van der Waals surface area contributed by atoms with Crippen LogP contribution in [0.4, 0.5) is 0 Å². The SMILES string of the molecule is CCOc1cccc(-c2ccc(Cc3cc(C)ccc3C)s2)c1. The van der Waals surface area contributed by atoms with E-state index in [1.807, 2.05) is 24.3 Å². The standard InChI is InChI=1S/C21H22OS/c1-4-22-19-7-5-6-17(13-19)21-11-10-20(23-21)14-18-12-15(2)8-9-16(18)3/h5-13H,4,14H2,1-3H3. The monoisotopic (exact) mass is 322 g/mol. The minimum atomic E-state index is 0.700. The summed E-state index contributed by atoms with van der Waals surface area (Å²) in [6.07, 6.45) is 1.00. The molecule has 0 aliphatic heterocycles. The summed E-state index contributed by atoms with van der Waals surface area (Å²) in [7, 11) is 0. The minimum absolute atomic E-state index is 0.700. The van der Waals surface area contributed by atoms with Crippen LogP contribution < -0.4 is 4.74 Å². The number of rotatable bonds is 5. The molecule has 0 amide bonds. The van der Waals surface area contributed by atoms with Crippen molar-refractivity contribution in [1.82, 2.24) is 0 Å². The zero-order valence-electron chi connectivity index (χ0n) is 13.9. The van der Waals surface area contributed by atoms with E-state index in [0.717, 1.165) is 12.2 Å². The molecule has 2 aromatic carbocycles. The Labute approximate surface area is 142 Å². The van der Waals surface area contributed by atoms with E-state index >= 15 is 0 Å². The van der Waals surface area contributed by atoms with Crippen LogP contribution in [-0.4, -0.2) is 6.61 Å². The molecular weight excluding hydrogens is 300 g/mol. The molecule has 0 saturated heterocycles. The first-order valence-corrected chi connectivity index (χ1v) is 8.85. The Morgan fingerprint density at radius 2 is 1.83 bits per heavy atom. The third-order valence-corrected chi connectivity index (χ3v) is 5.09. The second kappa shape index (κ2) is 7.01. The average Bonchev–Trinajstić information content (AvgIpc) is 3.00.